The topological polar surface area (TPSA) is 58.6 Å². The Morgan fingerprint density at radius 2 is 2.25 bits per heavy atom. The third-order valence-electron chi connectivity index (χ3n) is 3.26. The number of cyclic esters (lactones) is 1. The predicted molar refractivity (Wildman–Crippen MR) is 78.6 cm³/mol. The van der Waals surface area contributed by atoms with Crippen molar-refractivity contribution in [1.82, 2.24) is 10.2 Å². The molecule has 0 aliphatic carbocycles. The Hall–Kier alpha value is -1.56. The highest BCUT2D eigenvalue weighted by Gasteiger charge is 2.35. The van der Waals surface area contributed by atoms with E-state index in [4.69, 9.17) is 4.74 Å². The highest BCUT2D eigenvalue weighted by molar-refractivity contribution is 9.10. The van der Waals surface area contributed by atoms with Crippen molar-refractivity contribution in [3.05, 3.63) is 34.3 Å². The Labute approximate surface area is 126 Å². The molecule has 20 heavy (non-hydrogen) atoms. The number of rotatable bonds is 4. The largest absolute Gasteiger partial charge is 0.448 e. The van der Waals surface area contributed by atoms with E-state index in [2.05, 4.69) is 21.2 Å². The van der Waals surface area contributed by atoms with Gasteiger partial charge in [0.05, 0.1) is 12.1 Å². The number of amides is 2. The fraction of sp³-hybridized carbons (Fsp3) is 0.429. The van der Waals surface area contributed by atoms with Crippen LogP contribution >= 0.6 is 15.9 Å². The fourth-order valence-electron chi connectivity index (χ4n) is 2.07. The molecule has 0 atom stereocenters. The summed E-state index contributed by atoms with van der Waals surface area (Å²) < 4.78 is 5.78. The van der Waals surface area contributed by atoms with Gasteiger partial charge in [0.2, 0.25) is 0 Å². The molecule has 1 saturated heterocycles. The Balaban J connectivity index is 1.97. The van der Waals surface area contributed by atoms with Crippen LogP contribution in [0.4, 0.5) is 4.79 Å². The lowest BCUT2D eigenvalue weighted by atomic mass is 10.0. The molecule has 2 rings (SSSR count). The maximum atomic E-state index is 12.1. The van der Waals surface area contributed by atoms with Gasteiger partial charge in [-0.2, -0.15) is 0 Å². The van der Waals surface area contributed by atoms with Crippen LogP contribution in [0, 0.1) is 0 Å². The van der Waals surface area contributed by atoms with Gasteiger partial charge in [-0.05, 0) is 32.0 Å². The van der Waals surface area contributed by atoms with E-state index in [0.29, 0.717) is 25.3 Å². The van der Waals surface area contributed by atoms with Crippen LogP contribution in [0.1, 0.15) is 24.2 Å². The molecule has 2 amide bonds. The number of hydrogen-bond donors (Lipinski definition) is 1. The first kappa shape index (κ1) is 14.8. The van der Waals surface area contributed by atoms with E-state index in [9.17, 15) is 9.59 Å². The van der Waals surface area contributed by atoms with Crippen LogP contribution in [0.25, 0.3) is 0 Å². The van der Waals surface area contributed by atoms with Gasteiger partial charge in [0.15, 0.2) is 0 Å². The molecule has 6 heteroatoms. The molecule has 1 aromatic rings. The van der Waals surface area contributed by atoms with Gasteiger partial charge in [0, 0.05) is 16.6 Å². The van der Waals surface area contributed by atoms with Crippen molar-refractivity contribution in [2.45, 2.75) is 19.4 Å². The number of carbonyl (C=O) groups is 2. The average molecular weight is 341 g/mol. The number of halogens is 1. The quantitative estimate of drug-likeness (QED) is 0.915. The third-order valence-corrected chi connectivity index (χ3v) is 3.75. The minimum Gasteiger partial charge on any atom is -0.448 e. The molecule has 1 N–H and O–H groups in total. The van der Waals surface area contributed by atoms with E-state index in [0.717, 1.165) is 4.47 Å². The van der Waals surface area contributed by atoms with Gasteiger partial charge in [-0.3, -0.25) is 9.69 Å². The molecule has 108 valence electrons. The summed E-state index contributed by atoms with van der Waals surface area (Å²) in [6.07, 6.45) is -0.327. The van der Waals surface area contributed by atoms with Gasteiger partial charge in [0.25, 0.3) is 5.91 Å². The van der Waals surface area contributed by atoms with Crippen LogP contribution in [0.2, 0.25) is 0 Å². The van der Waals surface area contributed by atoms with Gasteiger partial charge in [-0.1, -0.05) is 22.0 Å². The monoisotopic (exact) mass is 340 g/mol. The van der Waals surface area contributed by atoms with Gasteiger partial charge in [-0.15, -0.1) is 0 Å². The molecule has 1 fully saturated rings. The van der Waals surface area contributed by atoms with Crippen LogP contribution < -0.4 is 5.32 Å². The molecular weight excluding hydrogens is 324 g/mol. The number of hydrogen-bond acceptors (Lipinski definition) is 3. The molecule has 0 radical (unpaired) electrons. The van der Waals surface area contributed by atoms with E-state index in [1.807, 2.05) is 26.0 Å². The number of benzene rings is 1. The van der Waals surface area contributed by atoms with Crippen molar-refractivity contribution in [3.8, 4) is 0 Å². The average Bonchev–Trinajstić information content (AvgIpc) is 2.83. The summed E-state index contributed by atoms with van der Waals surface area (Å²) in [4.78, 5) is 25.3. The second-order valence-electron chi connectivity index (χ2n) is 5.27. The predicted octanol–water partition coefficient (Wildman–Crippen LogP) is 2.41. The standard InChI is InChI=1S/C14H17BrN2O3/c1-14(2,17-6-7-20-13(17)19)9-16-12(18)10-4-3-5-11(15)8-10/h3-5,8H,6-7,9H2,1-2H3,(H,16,18). The van der Waals surface area contributed by atoms with Crippen LogP contribution in [0.15, 0.2) is 28.7 Å². The Morgan fingerprint density at radius 3 is 2.85 bits per heavy atom. The fourth-order valence-corrected chi connectivity index (χ4v) is 2.47. The van der Waals surface area contributed by atoms with Crippen LogP contribution in [-0.4, -0.2) is 42.1 Å². The van der Waals surface area contributed by atoms with Crippen LogP contribution in [0.3, 0.4) is 0 Å². The minimum atomic E-state index is -0.477. The number of nitrogens with zero attached hydrogens (tertiary/aromatic N) is 1. The van der Waals surface area contributed by atoms with Gasteiger partial charge in [0.1, 0.15) is 6.61 Å². The van der Waals surface area contributed by atoms with E-state index in [-0.39, 0.29) is 12.0 Å². The maximum Gasteiger partial charge on any atom is 0.410 e. The molecule has 0 bridgehead atoms. The second kappa shape index (κ2) is 5.83. The van der Waals surface area contributed by atoms with E-state index < -0.39 is 5.54 Å². The highest BCUT2D eigenvalue weighted by Crippen LogP contribution is 2.19. The summed E-state index contributed by atoms with van der Waals surface area (Å²) in [6.45, 7) is 5.13. The van der Waals surface area contributed by atoms with E-state index >= 15 is 0 Å². The highest BCUT2D eigenvalue weighted by atomic mass is 79.9. The Morgan fingerprint density at radius 1 is 1.50 bits per heavy atom. The molecule has 5 nitrogen and oxygen atoms in total. The lowest BCUT2D eigenvalue weighted by Crippen LogP contribution is -2.52. The second-order valence-corrected chi connectivity index (χ2v) is 6.19. The zero-order chi connectivity index (χ0) is 14.8. The SMILES string of the molecule is CC(C)(CNC(=O)c1cccc(Br)c1)N1CCOC1=O. The van der Waals surface area contributed by atoms with Crippen molar-refractivity contribution < 1.29 is 14.3 Å². The summed E-state index contributed by atoms with van der Waals surface area (Å²) in [5.74, 6) is -0.160. The molecule has 1 aliphatic rings. The summed E-state index contributed by atoms with van der Waals surface area (Å²) in [5.41, 5.74) is 0.106. The summed E-state index contributed by atoms with van der Waals surface area (Å²) in [5, 5.41) is 2.85. The molecule has 1 aliphatic heterocycles. The van der Waals surface area contributed by atoms with Crippen molar-refractivity contribution in [2.24, 2.45) is 0 Å². The van der Waals surface area contributed by atoms with Gasteiger partial charge in [-0.25, -0.2) is 4.79 Å². The summed E-state index contributed by atoms with van der Waals surface area (Å²) >= 11 is 3.33. The molecule has 1 heterocycles. The molecular formula is C14H17BrN2O3. The smallest absolute Gasteiger partial charge is 0.410 e. The first-order chi connectivity index (χ1) is 9.40. The number of ether oxygens (including phenoxy) is 1. The van der Waals surface area contributed by atoms with Crippen LogP contribution in [-0.2, 0) is 4.74 Å². The lowest BCUT2D eigenvalue weighted by molar-refractivity contribution is 0.0903. The van der Waals surface area contributed by atoms with Crippen LogP contribution in [0.5, 0.6) is 0 Å². The number of carbonyl (C=O) groups excluding carboxylic acids is 2. The lowest BCUT2D eigenvalue weighted by Gasteiger charge is -2.33. The maximum absolute atomic E-state index is 12.1. The molecule has 0 unspecified atom stereocenters. The Kier molecular flexibility index (Phi) is 4.32. The van der Waals surface area contributed by atoms with E-state index in [1.165, 1.54) is 0 Å². The third kappa shape index (κ3) is 3.30. The first-order valence-corrected chi connectivity index (χ1v) is 7.17. The molecule has 0 spiro atoms. The molecule has 1 aromatic carbocycles. The normalized spacial score (nSPS) is 15.2. The molecule has 0 saturated carbocycles. The van der Waals surface area contributed by atoms with Gasteiger partial charge < -0.3 is 10.1 Å². The van der Waals surface area contributed by atoms with Crippen molar-refractivity contribution in [1.29, 1.82) is 0 Å². The Bertz CT molecular complexity index is 531. The van der Waals surface area contributed by atoms with Crippen molar-refractivity contribution in [3.63, 3.8) is 0 Å². The first-order valence-electron chi connectivity index (χ1n) is 6.38. The van der Waals surface area contributed by atoms with Crippen molar-refractivity contribution in [2.75, 3.05) is 19.7 Å². The minimum absolute atomic E-state index is 0.160. The zero-order valence-corrected chi connectivity index (χ0v) is 13.1. The zero-order valence-electron chi connectivity index (χ0n) is 11.5. The van der Waals surface area contributed by atoms with Gasteiger partial charge >= 0.3 is 6.09 Å². The molecule has 0 aromatic heterocycles. The summed E-state index contributed by atoms with van der Waals surface area (Å²) in [7, 11) is 0. The number of nitrogens with one attached hydrogen (secondary N) is 1. The van der Waals surface area contributed by atoms with Crippen molar-refractivity contribution >= 4 is 27.9 Å². The summed E-state index contributed by atoms with van der Waals surface area (Å²) in [6, 6.07) is 7.17. The van der Waals surface area contributed by atoms with E-state index in [1.54, 1.807) is 17.0 Å².